The molecule has 0 aliphatic rings. The summed E-state index contributed by atoms with van der Waals surface area (Å²) >= 11 is 0. The standard InChI is InChI=1S/C9H6N6O2/c16-9(17)5-1-2-15-6(4-10-7(15)3-5)8-11-13-14-12-8/h1-4H,(H,16,17)(H,11,12,13,14). The normalized spacial score (nSPS) is 10.8. The molecule has 0 amide bonds. The molecule has 3 aromatic heterocycles. The van der Waals surface area contributed by atoms with Gasteiger partial charge >= 0.3 is 5.97 Å². The lowest BCUT2D eigenvalue weighted by molar-refractivity contribution is 0.0697. The Kier molecular flexibility index (Phi) is 1.87. The lowest BCUT2D eigenvalue weighted by atomic mass is 10.3. The molecule has 84 valence electrons. The first-order chi connectivity index (χ1) is 8.25. The molecule has 0 aliphatic heterocycles. The number of carbonyl (C=O) groups is 1. The smallest absolute Gasteiger partial charge is 0.335 e. The molecule has 0 unspecified atom stereocenters. The first-order valence-corrected chi connectivity index (χ1v) is 4.70. The van der Waals surface area contributed by atoms with Crippen molar-refractivity contribution in [2.75, 3.05) is 0 Å². The van der Waals surface area contributed by atoms with Crippen molar-refractivity contribution in [1.29, 1.82) is 0 Å². The van der Waals surface area contributed by atoms with Gasteiger partial charge < -0.3 is 5.11 Å². The second kappa shape index (κ2) is 3.37. The SMILES string of the molecule is O=C(O)c1ccn2c(-c3nnn[nH]3)cnc2c1. The summed E-state index contributed by atoms with van der Waals surface area (Å²) in [6, 6.07) is 2.97. The Balaban J connectivity index is 2.21. The number of carboxylic acid groups (broad SMARTS) is 1. The van der Waals surface area contributed by atoms with Crippen molar-refractivity contribution in [2.24, 2.45) is 0 Å². The summed E-state index contributed by atoms with van der Waals surface area (Å²) in [5, 5.41) is 22.2. The lowest BCUT2D eigenvalue weighted by Gasteiger charge is -1.98. The van der Waals surface area contributed by atoms with E-state index in [0.29, 0.717) is 17.2 Å². The Morgan fingerprint density at radius 3 is 3.06 bits per heavy atom. The predicted molar refractivity (Wildman–Crippen MR) is 55.3 cm³/mol. The van der Waals surface area contributed by atoms with E-state index in [1.165, 1.54) is 12.1 Å². The highest BCUT2D eigenvalue weighted by molar-refractivity contribution is 5.88. The van der Waals surface area contributed by atoms with Crippen LogP contribution in [0.5, 0.6) is 0 Å². The number of nitrogens with zero attached hydrogens (tertiary/aromatic N) is 5. The molecule has 0 saturated heterocycles. The van der Waals surface area contributed by atoms with Gasteiger partial charge in [-0.3, -0.25) is 4.40 Å². The van der Waals surface area contributed by atoms with Gasteiger partial charge in [0.1, 0.15) is 11.3 Å². The molecule has 2 N–H and O–H groups in total. The van der Waals surface area contributed by atoms with Gasteiger partial charge in [0.2, 0.25) is 0 Å². The molecule has 0 aromatic carbocycles. The van der Waals surface area contributed by atoms with Crippen molar-refractivity contribution in [3.8, 4) is 11.5 Å². The van der Waals surface area contributed by atoms with Crippen molar-refractivity contribution < 1.29 is 9.90 Å². The van der Waals surface area contributed by atoms with Crippen molar-refractivity contribution >= 4 is 11.6 Å². The summed E-state index contributed by atoms with van der Waals surface area (Å²) < 4.78 is 1.70. The van der Waals surface area contributed by atoms with Gasteiger partial charge in [-0.1, -0.05) is 0 Å². The van der Waals surface area contributed by atoms with E-state index in [0.717, 1.165) is 0 Å². The number of aromatic nitrogens is 6. The maximum Gasteiger partial charge on any atom is 0.335 e. The minimum absolute atomic E-state index is 0.186. The zero-order valence-electron chi connectivity index (χ0n) is 8.40. The van der Waals surface area contributed by atoms with Crippen LogP contribution in [-0.4, -0.2) is 41.1 Å². The fraction of sp³-hybridized carbons (Fsp3) is 0. The van der Waals surface area contributed by atoms with Crippen LogP contribution in [0.4, 0.5) is 0 Å². The van der Waals surface area contributed by atoms with Gasteiger partial charge in [-0.25, -0.2) is 14.9 Å². The summed E-state index contributed by atoms with van der Waals surface area (Å²) in [6.07, 6.45) is 3.19. The monoisotopic (exact) mass is 230 g/mol. The number of nitrogens with one attached hydrogen (secondary N) is 1. The minimum Gasteiger partial charge on any atom is -0.478 e. The largest absolute Gasteiger partial charge is 0.478 e. The number of hydrogen-bond donors (Lipinski definition) is 2. The van der Waals surface area contributed by atoms with E-state index in [4.69, 9.17) is 5.11 Å². The highest BCUT2D eigenvalue weighted by atomic mass is 16.4. The third-order valence-corrected chi connectivity index (χ3v) is 2.35. The summed E-state index contributed by atoms with van der Waals surface area (Å²) in [4.78, 5) is 14.9. The van der Waals surface area contributed by atoms with Gasteiger partial charge in [-0.15, -0.1) is 5.10 Å². The van der Waals surface area contributed by atoms with Crippen molar-refractivity contribution in [3.05, 3.63) is 30.1 Å². The van der Waals surface area contributed by atoms with Crippen LogP contribution in [0.2, 0.25) is 0 Å². The van der Waals surface area contributed by atoms with Crippen LogP contribution in [0.3, 0.4) is 0 Å². The quantitative estimate of drug-likeness (QED) is 0.651. The Morgan fingerprint density at radius 2 is 2.35 bits per heavy atom. The number of rotatable bonds is 2. The van der Waals surface area contributed by atoms with Crippen molar-refractivity contribution in [1.82, 2.24) is 30.0 Å². The maximum absolute atomic E-state index is 10.8. The topological polar surface area (TPSA) is 109 Å². The van der Waals surface area contributed by atoms with E-state index in [1.54, 1.807) is 16.8 Å². The molecule has 17 heavy (non-hydrogen) atoms. The van der Waals surface area contributed by atoms with E-state index in [2.05, 4.69) is 25.6 Å². The molecule has 3 aromatic rings. The number of hydrogen-bond acceptors (Lipinski definition) is 5. The number of pyridine rings is 1. The van der Waals surface area contributed by atoms with Gasteiger partial charge in [0.15, 0.2) is 5.82 Å². The van der Waals surface area contributed by atoms with E-state index < -0.39 is 5.97 Å². The molecule has 0 bridgehead atoms. The van der Waals surface area contributed by atoms with Crippen LogP contribution in [0.1, 0.15) is 10.4 Å². The summed E-state index contributed by atoms with van der Waals surface area (Å²) in [6.45, 7) is 0. The number of aromatic carboxylic acids is 1. The molecule has 0 radical (unpaired) electrons. The minimum atomic E-state index is -0.988. The Bertz CT molecular complexity index is 687. The molecule has 0 aliphatic carbocycles. The van der Waals surface area contributed by atoms with Crippen LogP contribution >= 0.6 is 0 Å². The predicted octanol–water partition coefficient (Wildman–Crippen LogP) is 0.213. The van der Waals surface area contributed by atoms with E-state index in [9.17, 15) is 4.79 Å². The zero-order chi connectivity index (χ0) is 11.8. The molecule has 0 spiro atoms. The molecule has 0 fully saturated rings. The molecule has 3 rings (SSSR count). The zero-order valence-corrected chi connectivity index (χ0v) is 8.40. The van der Waals surface area contributed by atoms with Crippen LogP contribution in [0.25, 0.3) is 17.2 Å². The van der Waals surface area contributed by atoms with E-state index >= 15 is 0 Å². The fourth-order valence-electron chi connectivity index (χ4n) is 1.56. The number of imidazole rings is 1. The van der Waals surface area contributed by atoms with Gasteiger partial charge in [0, 0.05) is 6.20 Å². The highest BCUT2D eigenvalue weighted by Crippen LogP contribution is 2.16. The third-order valence-electron chi connectivity index (χ3n) is 2.35. The third kappa shape index (κ3) is 1.42. The maximum atomic E-state index is 10.8. The molecule has 0 saturated carbocycles. The lowest BCUT2D eigenvalue weighted by Crippen LogP contribution is -1.98. The van der Waals surface area contributed by atoms with E-state index in [1.807, 2.05) is 0 Å². The highest BCUT2D eigenvalue weighted by Gasteiger charge is 2.11. The number of aromatic amines is 1. The van der Waals surface area contributed by atoms with Crippen LogP contribution in [0, 0.1) is 0 Å². The van der Waals surface area contributed by atoms with Crippen LogP contribution in [0.15, 0.2) is 24.5 Å². The second-order valence-electron chi connectivity index (χ2n) is 3.34. The number of tetrazole rings is 1. The molecular formula is C9H6N6O2. The molecular weight excluding hydrogens is 224 g/mol. The van der Waals surface area contributed by atoms with Crippen molar-refractivity contribution in [3.63, 3.8) is 0 Å². The van der Waals surface area contributed by atoms with Crippen LogP contribution in [-0.2, 0) is 0 Å². The first kappa shape index (κ1) is 9.46. The van der Waals surface area contributed by atoms with Gasteiger partial charge in [-0.05, 0) is 22.6 Å². The molecule has 8 heteroatoms. The number of H-pyrrole nitrogens is 1. The van der Waals surface area contributed by atoms with Crippen molar-refractivity contribution in [2.45, 2.75) is 0 Å². The van der Waals surface area contributed by atoms with Gasteiger partial charge in [0.05, 0.1) is 11.8 Å². The molecule has 0 atom stereocenters. The summed E-state index contributed by atoms with van der Waals surface area (Å²) in [7, 11) is 0. The Labute approximate surface area is 93.9 Å². The Hall–Kier alpha value is -2.77. The summed E-state index contributed by atoms with van der Waals surface area (Å²) in [5.74, 6) is -0.515. The van der Waals surface area contributed by atoms with Gasteiger partial charge in [0.25, 0.3) is 0 Å². The van der Waals surface area contributed by atoms with Gasteiger partial charge in [-0.2, -0.15) is 0 Å². The fourth-order valence-corrected chi connectivity index (χ4v) is 1.56. The van der Waals surface area contributed by atoms with E-state index in [-0.39, 0.29) is 5.56 Å². The average molecular weight is 230 g/mol. The molecule has 3 heterocycles. The number of carboxylic acids is 1. The summed E-state index contributed by atoms with van der Waals surface area (Å²) in [5.41, 5.74) is 1.38. The first-order valence-electron chi connectivity index (χ1n) is 4.70. The Morgan fingerprint density at radius 1 is 1.47 bits per heavy atom. The van der Waals surface area contributed by atoms with Crippen LogP contribution < -0.4 is 0 Å². The average Bonchev–Trinajstić information content (AvgIpc) is 2.96. The second-order valence-corrected chi connectivity index (χ2v) is 3.34. The molecule has 8 nitrogen and oxygen atoms in total. The number of fused-ring (bicyclic) bond motifs is 1.